The van der Waals surface area contributed by atoms with Crippen molar-refractivity contribution < 1.29 is 9.90 Å². The van der Waals surface area contributed by atoms with Crippen molar-refractivity contribution in [3.63, 3.8) is 0 Å². The number of aliphatic hydroxyl groups excluding tert-OH is 1. The highest BCUT2D eigenvalue weighted by Gasteiger charge is 2.34. The SMILES string of the molecule is Cc1ccccc1N1C(C)CNC(=O)C1CCO. The summed E-state index contributed by atoms with van der Waals surface area (Å²) in [5, 5.41) is 12.0. The van der Waals surface area contributed by atoms with E-state index >= 15 is 0 Å². The number of hydrogen-bond acceptors (Lipinski definition) is 3. The first kappa shape index (κ1) is 12.9. The first-order valence-corrected chi connectivity index (χ1v) is 6.37. The van der Waals surface area contributed by atoms with Crippen LogP contribution in [0.3, 0.4) is 0 Å². The Hall–Kier alpha value is -1.55. The number of anilines is 1. The Morgan fingerprint density at radius 3 is 2.83 bits per heavy atom. The Morgan fingerprint density at radius 2 is 2.17 bits per heavy atom. The molecule has 1 aromatic rings. The average Bonchev–Trinajstić information content (AvgIpc) is 2.36. The Bertz CT molecular complexity index is 434. The molecule has 4 nitrogen and oxygen atoms in total. The first-order valence-electron chi connectivity index (χ1n) is 6.37. The highest BCUT2D eigenvalue weighted by Crippen LogP contribution is 2.27. The minimum absolute atomic E-state index is 0.00500. The van der Waals surface area contributed by atoms with Crippen molar-refractivity contribution >= 4 is 11.6 Å². The van der Waals surface area contributed by atoms with Crippen LogP contribution in [0.1, 0.15) is 18.9 Å². The summed E-state index contributed by atoms with van der Waals surface area (Å²) in [4.78, 5) is 14.1. The van der Waals surface area contributed by atoms with E-state index < -0.39 is 0 Å². The molecule has 0 saturated carbocycles. The van der Waals surface area contributed by atoms with Crippen molar-refractivity contribution in [2.24, 2.45) is 0 Å². The maximum atomic E-state index is 12.0. The monoisotopic (exact) mass is 248 g/mol. The lowest BCUT2D eigenvalue weighted by atomic mass is 10.0. The minimum atomic E-state index is -0.278. The van der Waals surface area contributed by atoms with Gasteiger partial charge in [0.1, 0.15) is 6.04 Å². The maximum absolute atomic E-state index is 12.0. The maximum Gasteiger partial charge on any atom is 0.242 e. The summed E-state index contributed by atoms with van der Waals surface area (Å²) in [7, 11) is 0. The number of benzene rings is 1. The number of nitrogens with one attached hydrogen (secondary N) is 1. The minimum Gasteiger partial charge on any atom is -0.396 e. The Labute approximate surface area is 108 Å². The first-order chi connectivity index (χ1) is 8.65. The molecular weight excluding hydrogens is 228 g/mol. The molecule has 1 saturated heterocycles. The Balaban J connectivity index is 2.36. The quantitative estimate of drug-likeness (QED) is 0.841. The van der Waals surface area contributed by atoms with Gasteiger partial charge in [0.05, 0.1) is 0 Å². The van der Waals surface area contributed by atoms with Crippen LogP contribution in [0, 0.1) is 6.92 Å². The van der Waals surface area contributed by atoms with Crippen LogP contribution in [-0.4, -0.2) is 36.2 Å². The Kier molecular flexibility index (Phi) is 3.87. The molecule has 1 heterocycles. The second-order valence-electron chi connectivity index (χ2n) is 4.82. The van der Waals surface area contributed by atoms with Crippen molar-refractivity contribution in [2.45, 2.75) is 32.4 Å². The predicted molar refractivity (Wildman–Crippen MR) is 71.6 cm³/mol. The molecule has 98 valence electrons. The van der Waals surface area contributed by atoms with Gasteiger partial charge >= 0.3 is 0 Å². The summed E-state index contributed by atoms with van der Waals surface area (Å²) in [5.74, 6) is 0.00500. The summed E-state index contributed by atoms with van der Waals surface area (Å²) >= 11 is 0. The van der Waals surface area contributed by atoms with Gasteiger partial charge in [-0.2, -0.15) is 0 Å². The van der Waals surface area contributed by atoms with Crippen LogP contribution in [0.4, 0.5) is 5.69 Å². The zero-order chi connectivity index (χ0) is 13.1. The lowest BCUT2D eigenvalue weighted by Crippen LogP contribution is -2.60. The van der Waals surface area contributed by atoms with Gasteiger partial charge in [-0.15, -0.1) is 0 Å². The number of aliphatic hydroxyl groups is 1. The fourth-order valence-electron chi connectivity index (χ4n) is 2.55. The number of piperazine rings is 1. The third-order valence-electron chi connectivity index (χ3n) is 3.48. The summed E-state index contributed by atoms with van der Waals surface area (Å²) in [6.45, 7) is 4.81. The highest BCUT2D eigenvalue weighted by molar-refractivity contribution is 5.87. The van der Waals surface area contributed by atoms with E-state index in [4.69, 9.17) is 5.11 Å². The average molecular weight is 248 g/mol. The van der Waals surface area contributed by atoms with Crippen molar-refractivity contribution in [1.29, 1.82) is 0 Å². The number of nitrogens with zero attached hydrogens (tertiary/aromatic N) is 1. The fourth-order valence-corrected chi connectivity index (χ4v) is 2.55. The van der Waals surface area contributed by atoms with Crippen molar-refractivity contribution in [1.82, 2.24) is 5.32 Å². The van der Waals surface area contributed by atoms with Crippen LogP contribution in [0.2, 0.25) is 0 Å². The van der Waals surface area contributed by atoms with Gasteiger partial charge < -0.3 is 15.3 Å². The molecule has 2 atom stereocenters. The van der Waals surface area contributed by atoms with E-state index in [-0.39, 0.29) is 24.6 Å². The van der Waals surface area contributed by atoms with Gasteiger partial charge in [-0.25, -0.2) is 0 Å². The van der Waals surface area contributed by atoms with Crippen LogP contribution < -0.4 is 10.2 Å². The van der Waals surface area contributed by atoms with Crippen molar-refractivity contribution in [3.8, 4) is 0 Å². The molecule has 0 spiro atoms. The number of para-hydroxylation sites is 1. The molecule has 4 heteroatoms. The summed E-state index contributed by atoms with van der Waals surface area (Å²) in [6, 6.07) is 8.02. The number of rotatable bonds is 3. The van der Waals surface area contributed by atoms with Crippen LogP contribution in [-0.2, 0) is 4.79 Å². The van der Waals surface area contributed by atoms with E-state index in [9.17, 15) is 4.79 Å². The van der Waals surface area contributed by atoms with Crippen LogP contribution >= 0.6 is 0 Å². The highest BCUT2D eigenvalue weighted by atomic mass is 16.3. The number of hydrogen-bond donors (Lipinski definition) is 2. The van der Waals surface area contributed by atoms with Crippen LogP contribution in [0.25, 0.3) is 0 Å². The van der Waals surface area contributed by atoms with Crippen LogP contribution in [0.5, 0.6) is 0 Å². The lowest BCUT2D eigenvalue weighted by molar-refractivity contribution is -0.124. The third kappa shape index (κ3) is 2.34. The molecule has 1 fully saturated rings. The number of aryl methyl sites for hydroxylation is 1. The molecule has 0 aliphatic carbocycles. The number of carbonyl (C=O) groups excluding carboxylic acids is 1. The lowest BCUT2D eigenvalue weighted by Gasteiger charge is -2.42. The number of carbonyl (C=O) groups is 1. The molecule has 2 rings (SSSR count). The Morgan fingerprint density at radius 1 is 1.44 bits per heavy atom. The largest absolute Gasteiger partial charge is 0.396 e. The summed E-state index contributed by atoms with van der Waals surface area (Å²) in [6.07, 6.45) is 0.463. The van der Waals surface area contributed by atoms with E-state index in [0.29, 0.717) is 13.0 Å². The second-order valence-corrected chi connectivity index (χ2v) is 4.82. The molecule has 0 aromatic heterocycles. The van der Waals surface area contributed by atoms with Gasteiger partial charge in [-0.05, 0) is 31.9 Å². The van der Waals surface area contributed by atoms with E-state index in [1.165, 1.54) is 0 Å². The number of amides is 1. The predicted octanol–water partition coefficient (Wildman–Crippen LogP) is 1.07. The van der Waals surface area contributed by atoms with Crippen molar-refractivity contribution in [2.75, 3.05) is 18.1 Å². The van der Waals surface area contributed by atoms with Gasteiger partial charge in [0.25, 0.3) is 0 Å². The standard InChI is InChI=1S/C14H20N2O2/c1-10-5-3-4-6-12(10)16-11(2)9-15-14(18)13(16)7-8-17/h3-6,11,13,17H,7-9H2,1-2H3,(H,15,18). The van der Waals surface area contributed by atoms with E-state index in [1.807, 2.05) is 31.2 Å². The van der Waals surface area contributed by atoms with Gasteiger partial charge in [0, 0.05) is 24.9 Å². The molecule has 1 aliphatic rings. The molecule has 1 aliphatic heterocycles. The third-order valence-corrected chi connectivity index (χ3v) is 3.48. The van der Waals surface area contributed by atoms with Gasteiger partial charge in [0.15, 0.2) is 0 Å². The fraction of sp³-hybridized carbons (Fsp3) is 0.500. The van der Waals surface area contributed by atoms with E-state index in [2.05, 4.69) is 17.1 Å². The van der Waals surface area contributed by atoms with Gasteiger partial charge in [-0.1, -0.05) is 18.2 Å². The van der Waals surface area contributed by atoms with E-state index in [1.54, 1.807) is 0 Å². The molecule has 0 radical (unpaired) electrons. The van der Waals surface area contributed by atoms with Gasteiger partial charge in [-0.3, -0.25) is 4.79 Å². The molecule has 1 aromatic carbocycles. The molecule has 0 bridgehead atoms. The zero-order valence-electron chi connectivity index (χ0n) is 10.9. The van der Waals surface area contributed by atoms with Crippen LogP contribution in [0.15, 0.2) is 24.3 Å². The zero-order valence-corrected chi connectivity index (χ0v) is 10.9. The smallest absolute Gasteiger partial charge is 0.242 e. The van der Waals surface area contributed by atoms with Gasteiger partial charge in [0.2, 0.25) is 5.91 Å². The molecule has 1 amide bonds. The molecular formula is C14H20N2O2. The molecule has 2 unspecified atom stereocenters. The molecule has 18 heavy (non-hydrogen) atoms. The normalized spacial score (nSPS) is 23.9. The summed E-state index contributed by atoms with van der Waals surface area (Å²) in [5.41, 5.74) is 2.24. The molecule has 2 N–H and O–H groups in total. The second kappa shape index (κ2) is 5.40. The topological polar surface area (TPSA) is 52.6 Å². The van der Waals surface area contributed by atoms with Crippen molar-refractivity contribution in [3.05, 3.63) is 29.8 Å². The summed E-state index contributed by atoms with van der Waals surface area (Å²) < 4.78 is 0. The van der Waals surface area contributed by atoms with E-state index in [0.717, 1.165) is 11.3 Å².